The molecular formula is C61H110O15. The first-order valence-electron chi connectivity index (χ1n) is 30.6. The maximum atomic E-state index is 13.1. The number of hydrogen-bond acceptors (Lipinski definition) is 15. The molecule has 2 rings (SSSR count). The molecule has 0 saturated carbocycles. The number of esters is 2. The molecular weight excluding hydrogens is 973 g/mol. The lowest BCUT2D eigenvalue weighted by molar-refractivity contribution is -0.332. The van der Waals surface area contributed by atoms with Gasteiger partial charge in [0, 0.05) is 12.8 Å². The van der Waals surface area contributed by atoms with Gasteiger partial charge in [0.05, 0.1) is 19.8 Å². The second-order valence-electron chi connectivity index (χ2n) is 21.5. The Morgan fingerprint density at radius 3 is 1.26 bits per heavy atom. The number of hydrogen-bond donors (Lipinski definition) is 7. The van der Waals surface area contributed by atoms with E-state index >= 15 is 0 Å². The number of rotatable bonds is 49. The molecule has 0 aromatic heterocycles. The lowest BCUT2D eigenvalue weighted by Crippen LogP contribution is -2.61. The molecule has 15 nitrogen and oxygen atoms in total. The standard InChI is InChI=1S/C61H110O15/c1-3-5-7-9-11-13-15-17-19-21-23-24-26-28-30-32-34-36-38-40-42-44-53(64)74-49(46-71-52(63)43-41-39-37-35-33-31-29-27-25-22-20-18-16-14-12-10-8-6-4-2)47-72-60-59(70)57(68)55(66)51(76-60)48-73-61-58(69)56(67)54(65)50(45-62)75-61/h12,14,17-20,49-51,54-62,65-70H,3-11,13,15-16,21-48H2,1-2H3/b14-12+,19-17+,20-18+/t49-,50+,51+,54-,55-,56?,57?,58?,59?,60+,61+/m1/s1. The zero-order chi connectivity index (χ0) is 55.3. The van der Waals surface area contributed by atoms with Gasteiger partial charge in [-0.25, -0.2) is 0 Å². The highest BCUT2D eigenvalue weighted by Crippen LogP contribution is 2.27. The Morgan fingerprint density at radius 1 is 0.421 bits per heavy atom. The van der Waals surface area contributed by atoms with E-state index < -0.39 is 92.7 Å². The lowest BCUT2D eigenvalue weighted by Gasteiger charge is -2.42. The Kier molecular flexibility index (Phi) is 43.7. The van der Waals surface area contributed by atoms with Crippen molar-refractivity contribution in [2.24, 2.45) is 0 Å². The first-order valence-corrected chi connectivity index (χ1v) is 30.6. The molecule has 2 heterocycles. The first kappa shape index (κ1) is 69.8. The zero-order valence-corrected chi connectivity index (χ0v) is 47.5. The van der Waals surface area contributed by atoms with E-state index in [-0.39, 0.29) is 26.1 Å². The van der Waals surface area contributed by atoms with Gasteiger partial charge in [0.1, 0.15) is 55.4 Å². The van der Waals surface area contributed by atoms with E-state index in [1.54, 1.807) is 0 Å². The van der Waals surface area contributed by atoms with Crippen molar-refractivity contribution >= 4 is 11.9 Å². The van der Waals surface area contributed by atoms with Gasteiger partial charge in [-0.2, -0.15) is 0 Å². The largest absolute Gasteiger partial charge is 0.462 e. The minimum absolute atomic E-state index is 0.165. The molecule has 0 aromatic rings. The summed E-state index contributed by atoms with van der Waals surface area (Å²) in [5.74, 6) is -0.921. The molecule has 11 atom stereocenters. The summed E-state index contributed by atoms with van der Waals surface area (Å²) in [5.41, 5.74) is 0. The van der Waals surface area contributed by atoms with E-state index in [1.165, 1.54) is 154 Å². The number of aliphatic hydroxyl groups is 7. The van der Waals surface area contributed by atoms with Crippen molar-refractivity contribution in [3.8, 4) is 0 Å². The van der Waals surface area contributed by atoms with Gasteiger partial charge in [-0.15, -0.1) is 0 Å². The predicted molar refractivity (Wildman–Crippen MR) is 298 cm³/mol. The molecule has 2 aliphatic heterocycles. The van der Waals surface area contributed by atoms with Gasteiger partial charge in [-0.1, -0.05) is 198 Å². The molecule has 2 saturated heterocycles. The summed E-state index contributed by atoms with van der Waals surface area (Å²) in [4.78, 5) is 25.9. The quantitative estimate of drug-likeness (QED) is 0.0171. The van der Waals surface area contributed by atoms with Crippen molar-refractivity contribution in [3.63, 3.8) is 0 Å². The molecule has 0 spiro atoms. The minimum Gasteiger partial charge on any atom is -0.462 e. The van der Waals surface area contributed by atoms with E-state index in [0.717, 1.165) is 51.4 Å². The highest BCUT2D eigenvalue weighted by Gasteiger charge is 2.47. The van der Waals surface area contributed by atoms with E-state index in [2.05, 4.69) is 50.3 Å². The molecule has 0 amide bonds. The Balaban J connectivity index is 1.73. The van der Waals surface area contributed by atoms with Crippen molar-refractivity contribution in [1.82, 2.24) is 0 Å². The van der Waals surface area contributed by atoms with Crippen molar-refractivity contribution in [2.45, 2.75) is 313 Å². The van der Waals surface area contributed by atoms with Crippen LogP contribution in [0.15, 0.2) is 36.5 Å². The molecule has 444 valence electrons. The summed E-state index contributed by atoms with van der Waals surface area (Å²) in [7, 11) is 0. The van der Waals surface area contributed by atoms with Gasteiger partial charge in [0.15, 0.2) is 18.7 Å². The second kappa shape index (κ2) is 47.5. The third-order valence-electron chi connectivity index (χ3n) is 14.6. The number of unbranched alkanes of at least 4 members (excludes halogenated alkanes) is 29. The van der Waals surface area contributed by atoms with Gasteiger partial charge >= 0.3 is 11.9 Å². The number of carbonyl (C=O) groups is 2. The van der Waals surface area contributed by atoms with Crippen LogP contribution in [0.1, 0.15) is 245 Å². The fourth-order valence-electron chi connectivity index (χ4n) is 9.60. The van der Waals surface area contributed by atoms with Gasteiger partial charge < -0.3 is 64.2 Å². The average Bonchev–Trinajstić information content (AvgIpc) is 3.42. The highest BCUT2D eigenvalue weighted by molar-refractivity contribution is 5.70. The predicted octanol–water partition coefficient (Wildman–Crippen LogP) is 10.8. The first-order chi connectivity index (χ1) is 37.0. The number of aliphatic hydroxyl groups excluding tert-OH is 7. The summed E-state index contributed by atoms with van der Waals surface area (Å²) in [5, 5.41) is 72.4. The van der Waals surface area contributed by atoms with Crippen molar-refractivity contribution in [1.29, 1.82) is 0 Å². The smallest absolute Gasteiger partial charge is 0.306 e. The maximum absolute atomic E-state index is 13.1. The molecule has 0 bridgehead atoms. The lowest BCUT2D eigenvalue weighted by atomic mass is 9.98. The fourth-order valence-corrected chi connectivity index (χ4v) is 9.60. The topological polar surface area (TPSA) is 231 Å². The van der Waals surface area contributed by atoms with E-state index in [4.69, 9.17) is 28.4 Å². The van der Waals surface area contributed by atoms with Crippen LogP contribution < -0.4 is 0 Å². The zero-order valence-electron chi connectivity index (χ0n) is 47.5. The van der Waals surface area contributed by atoms with Gasteiger partial charge in [0.2, 0.25) is 0 Å². The number of carbonyl (C=O) groups excluding carboxylic acids is 2. The molecule has 7 N–H and O–H groups in total. The van der Waals surface area contributed by atoms with Crippen LogP contribution in [0.4, 0.5) is 0 Å². The Labute approximate surface area is 459 Å². The normalized spacial score (nSPS) is 24.5. The van der Waals surface area contributed by atoms with Crippen LogP contribution in [0.2, 0.25) is 0 Å². The van der Waals surface area contributed by atoms with Crippen LogP contribution in [0.3, 0.4) is 0 Å². The molecule has 4 unspecified atom stereocenters. The highest BCUT2D eigenvalue weighted by atomic mass is 16.7. The summed E-state index contributed by atoms with van der Waals surface area (Å²) in [6.07, 6.45) is 37.3. The average molecular weight is 1080 g/mol. The summed E-state index contributed by atoms with van der Waals surface area (Å²) < 4.78 is 33.7. The molecule has 0 aliphatic carbocycles. The van der Waals surface area contributed by atoms with Gasteiger partial charge in [-0.05, 0) is 70.6 Å². The Hall–Kier alpha value is -2.28. The Bertz CT molecular complexity index is 1460. The summed E-state index contributed by atoms with van der Waals surface area (Å²) in [6, 6.07) is 0. The second-order valence-corrected chi connectivity index (χ2v) is 21.5. The van der Waals surface area contributed by atoms with Crippen LogP contribution in [-0.4, -0.2) is 142 Å². The van der Waals surface area contributed by atoms with Crippen molar-refractivity contribution in [3.05, 3.63) is 36.5 Å². The molecule has 2 fully saturated rings. The van der Waals surface area contributed by atoms with E-state index in [9.17, 15) is 45.3 Å². The SMILES string of the molecule is CCCCC/C=C/C/C=C/CCCCCCCCCCCC(=O)OC[C@H](CO[C@H]1O[C@@H](CO[C@H]2O[C@@H](CO)[C@@H](O)C(O)C2O)[C@@H](O)C(O)C1O)OC(=O)CCCCCCCCCCCCC/C=C/CCCCCCCC. The molecule has 15 heteroatoms. The van der Waals surface area contributed by atoms with Gasteiger partial charge in [0.25, 0.3) is 0 Å². The van der Waals surface area contributed by atoms with Crippen LogP contribution >= 0.6 is 0 Å². The van der Waals surface area contributed by atoms with Crippen molar-refractivity contribution in [2.75, 3.05) is 26.4 Å². The van der Waals surface area contributed by atoms with Crippen LogP contribution in [0.5, 0.6) is 0 Å². The van der Waals surface area contributed by atoms with Crippen LogP contribution in [-0.2, 0) is 38.0 Å². The van der Waals surface area contributed by atoms with Crippen LogP contribution in [0, 0.1) is 0 Å². The molecule has 0 aromatic carbocycles. The summed E-state index contributed by atoms with van der Waals surface area (Å²) in [6.45, 7) is 2.60. The molecule has 76 heavy (non-hydrogen) atoms. The van der Waals surface area contributed by atoms with Gasteiger partial charge in [-0.3, -0.25) is 9.59 Å². The Morgan fingerprint density at radius 2 is 0.789 bits per heavy atom. The number of ether oxygens (including phenoxy) is 6. The summed E-state index contributed by atoms with van der Waals surface area (Å²) >= 11 is 0. The van der Waals surface area contributed by atoms with Crippen LogP contribution in [0.25, 0.3) is 0 Å². The minimum atomic E-state index is -1.77. The van der Waals surface area contributed by atoms with E-state index in [1.807, 2.05) is 0 Å². The molecule has 0 radical (unpaired) electrons. The fraction of sp³-hybridized carbons (Fsp3) is 0.869. The third kappa shape index (κ3) is 34.0. The monoisotopic (exact) mass is 1080 g/mol. The molecule has 2 aliphatic rings. The third-order valence-corrected chi connectivity index (χ3v) is 14.6. The maximum Gasteiger partial charge on any atom is 0.306 e. The van der Waals surface area contributed by atoms with Crippen molar-refractivity contribution < 1.29 is 73.8 Å². The van der Waals surface area contributed by atoms with E-state index in [0.29, 0.717) is 12.8 Å². The number of allylic oxidation sites excluding steroid dienone is 6.